The first-order valence-corrected chi connectivity index (χ1v) is 8.39. The van der Waals surface area contributed by atoms with Crippen molar-refractivity contribution in [1.82, 2.24) is 5.32 Å². The minimum absolute atomic E-state index is 0.363. The lowest BCUT2D eigenvalue weighted by atomic mass is 9.67. The Morgan fingerprint density at radius 2 is 2.14 bits per heavy atom. The van der Waals surface area contributed by atoms with Crippen LogP contribution >= 0.6 is 0 Å². The molecule has 1 aliphatic rings. The highest BCUT2D eigenvalue weighted by Crippen LogP contribution is 2.42. The van der Waals surface area contributed by atoms with Crippen molar-refractivity contribution < 1.29 is 9.90 Å². The van der Waals surface area contributed by atoms with Crippen molar-refractivity contribution in [2.45, 2.75) is 53.0 Å². The molecule has 2 N–H and O–H groups in total. The van der Waals surface area contributed by atoms with Gasteiger partial charge in [-0.05, 0) is 67.2 Å². The van der Waals surface area contributed by atoms with E-state index in [0.29, 0.717) is 11.0 Å². The topological polar surface area (TPSA) is 49.3 Å². The van der Waals surface area contributed by atoms with Crippen LogP contribution in [0.1, 0.15) is 62.4 Å². The fourth-order valence-corrected chi connectivity index (χ4v) is 4.12. The largest absolute Gasteiger partial charge is 0.478 e. The first-order chi connectivity index (χ1) is 10.4. The summed E-state index contributed by atoms with van der Waals surface area (Å²) in [4.78, 5) is 11.0. The van der Waals surface area contributed by atoms with Crippen LogP contribution in [0, 0.1) is 17.3 Å². The lowest BCUT2D eigenvalue weighted by Crippen LogP contribution is -2.29. The van der Waals surface area contributed by atoms with Crippen LogP contribution in [0.15, 0.2) is 24.3 Å². The van der Waals surface area contributed by atoms with E-state index < -0.39 is 5.97 Å². The van der Waals surface area contributed by atoms with Gasteiger partial charge in [0.15, 0.2) is 0 Å². The molecule has 0 aromatic heterocycles. The molecule has 122 valence electrons. The van der Waals surface area contributed by atoms with E-state index >= 15 is 0 Å². The summed E-state index contributed by atoms with van der Waals surface area (Å²) in [6, 6.07) is 7.18. The average Bonchev–Trinajstić information content (AvgIpc) is 2.42. The third-order valence-corrected chi connectivity index (χ3v) is 4.71. The summed E-state index contributed by atoms with van der Waals surface area (Å²) in [6.07, 6.45) is 5.23. The summed E-state index contributed by atoms with van der Waals surface area (Å²) in [5.74, 6) is 0.790. The molecule has 0 amide bonds. The molecule has 2 unspecified atom stereocenters. The van der Waals surface area contributed by atoms with Gasteiger partial charge in [0.2, 0.25) is 0 Å². The molecular formula is C19H29NO2. The Hall–Kier alpha value is -1.35. The second-order valence-corrected chi connectivity index (χ2v) is 7.75. The molecule has 0 radical (unpaired) electrons. The quantitative estimate of drug-likeness (QED) is 0.769. The summed E-state index contributed by atoms with van der Waals surface area (Å²) >= 11 is 0. The highest BCUT2D eigenvalue weighted by molar-refractivity contribution is 5.87. The molecule has 0 aliphatic heterocycles. The van der Waals surface area contributed by atoms with Crippen LogP contribution in [0.2, 0.25) is 0 Å². The molecule has 1 aromatic carbocycles. The van der Waals surface area contributed by atoms with E-state index in [1.54, 1.807) is 12.1 Å². The zero-order chi connectivity index (χ0) is 16.2. The minimum Gasteiger partial charge on any atom is -0.478 e. The first-order valence-electron chi connectivity index (χ1n) is 8.39. The number of carboxylic acids is 1. The molecule has 1 aromatic rings. The average molecular weight is 303 g/mol. The van der Waals surface area contributed by atoms with Crippen molar-refractivity contribution in [3.05, 3.63) is 35.4 Å². The van der Waals surface area contributed by atoms with Crippen LogP contribution in [0.4, 0.5) is 0 Å². The maximum absolute atomic E-state index is 11.0. The molecule has 0 saturated heterocycles. The van der Waals surface area contributed by atoms with Crippen molar-refractivity contribution in [2.75, 3.05) is 6.54 Å². The van der Waals surface area contributed by atoms with E-state index in [2.05, 4.69) is 26.1 Å². The summed E-state index contributed by atoms with van der Waals surface area (Å²) < 4.78 is 0. The number of carboxylic acid groups (broad SMARTS) is 1. The molecule has 3 heteroatoms. The van der Waals surface area contributed by atoms with Crippen molar-refractivity contribution in [1.29, 1.82) is 0 Å². The third kappa shape index (κ3) is 5.13. The van der Waals surface area contributed by atoms with Gasteiger partial charge in [-0.15, -0.1) is 0 Å². The fraction of sp³-hybridized carbons (Fsp3) is 0.632. The van der Waals surface area contributed by atoms with Gasteiger partial charge in [-0.3, -0.25) is 0 Å². The predicted molar refractivity (Wildman–Crippen MR) is 90.0 cm³/mol. The van der Waals surface area contributed by atoms with Gasteiger partial charge in [0, 0.05) is 6.54 Å². The fourth-order valence-electron chi connectivity index (χ4n) is 4.12. The molecule has 2 rings (SSSR count). The predicted octanol–water partition coefficient (Wildman–Crippen LogP) is 4.33. The molecular weight excluding hydrogens is 274 g/mol. The van der Waals surface area contributed by atoms with Crippen LogP contribution in [-0.2, 0) is 6.54 Å². The molecule has 1 aliphatic carbocycles. The maximum atomic E-state index is 11.0. The lowest BCUT2D eigenvalue weighted by Gasteiger charge is -2.39. The zero-order valence-electron chi connectivity index (χ0n) is 14.1. The Bertz CT molecular complexity index is 510. The van der Waals surface area contributed by atoms with E-state index in [1.165, 1.54) is 25.7 Å². The van der Waals surface area contributed by atoms with Crippen molar-refractivity contribution in [3.8, 4) is 0 Å². The molecule has 1 saturated carbocycles. The van der Waals surface area contributed by atoms with Crippen molar-refractivity contribution in [3.63, 3.8) is 0 Å². The highest BCUT2D eigenvalue weighted by Gasteiger charge is 2.31. The van der Waals surface area contributed by atoms with E-state index in [1.807, 2.05) is 12.1 Å². The summed E-state index contributed by atoms with van der Waals surface area (Å²) in [5.41, 5.74) is 1.89. The molecule has 0 spiro atoms. The monoisotopic (exact) mass is 303 g/mol. The molecule has 22 heavy (non-hydrogen) atoms. The second kappa shape index (κ2) is 7.28. The number of carbonyl (C=O) groups is 1. The van der Waals surface area contributed by atoms with Gasteiger partial charge in [0.25, 0.3) is 0 Å². The Morgan fingerprint density at radius 3 is 2.82 bits per heavy atom. The van der Waals surface area contributed by atoms with Gasteiger partial charge in [-0.25, -0.2) is 4.79 Å². The SMILES string of the molecule is CC1CC(CCNCc2cccc(C(=O)O)c2)CC(C)(C)C1. The van der Waals surface area contributed by atoms with Gasteiger partial charge >= 0.3 is 5.97 Å². The highest BCUT2D eigenvalue weighted by atomic mass is 16.4. The van der Waals surface area contributed by atoms with Gasteiger partial charge in [0.1, 0.15) is 0 Å². The van der Waals surface area contributed by atoms with Crippen LogP contribution in [-0.4, -0.2) is 17.6 Å². The number of benzene rings is 1. The van der Waals surface area contributed by atoms with E-state index in [0.717, 1.165) is 30.5 Å². The number of nitrogens with one attached hydrogen (secondary N) is 1. The molecule has 1 fully saturated rings. The molecule has 0 heterocycles. The Balaban J connectivity index is 1.75. The van der Waals surface area contributed by atoms with Crippen LogP contribution in [0.3, 0.4) is 0 Å². The zero-order valence-corrected chi connectivity index (χ0v) is 14.1. The van der Waals surface area contributed by atoms with Crippen molar-refractivity contribution in [2.24, 2.45) is 17.3 Å². The third-order valence-electron chi connectivity index (χ3n) is 4.71. The first kappa shape index (κ1) is 17.0. The van der Waals surface area contributed by atoms with Crippen LogP contribution in [0.5, 0.6) is 0 Å². The molecule has 2 atom stereocenters. The second-order valence-electron chi connectivity index (χ2n) is 7.75. The summed E-state index contributed by atoms with van der Waals surface area (Å²) in [7, 11) is 0. The Labute approximate surface area is 134 Å². The number of aromatic carboxylic acids is 1. The smallest absolute Gasteiger partial charge is 0.335 e. The molecule has 3 nitrogen and oxygen atoms in total. The van der Waals surface area contributed by atoms with E-state index in [-0.39, 0.29) is 0 Å². The number of rotatable bonds is 6. The van der Waals surface area contributed by atoms with Crippen LogP contribution in [0.25, 0.3) is 0 Å². The standard InChI is InChI=1S/C19H29NO2/c1-14-9-15(12-19(2,3)11-14)7-8-20-13-16-5-4-6-17(10-16)18(21)22/h4-6,10,14-15,20H,7-9,11-13H2,1-3H3,(H,21,22). The normalized spacial score (nSPS) is 24.1. The van der Waals surface area contributed by atoms with Gasteiger partial charge in [-0.1, -0.05) is 32.9 Å². The Morgan fingerprint density at radius 1 is 1.36 bits per heavy atom. The van der Waals surface area contributed by atoms with Gasteiger partial charge < -0.3 is 10.4 Å². The van der Waals surface area contributed by atoms with Crippen molar-refractivity contribution >= 4 is 5.97 Å². The summed E-state index contributed by atoms with van der Waals surface area (Å²) in [5, 5.41) is 12.5. The van der Waals surface area contributed by atoms with E-state index in [9.17, 15) is 4.79 Å². The molecule has 0 bridgehead atoms. The maximum Gasteiger partial charge on any atom is 0.335 e. The lowest BCUT2D eigenvalue weighted by molar-refractivity contribution is 0.0696. The Kier molecular flexibility index (Phi) is 5.63. The number of hydrogen-bond donors (Lipinski definition) is 2. The minimum atomic E-state index is -0.861. The van der Waals surface area contributed by atoms with E-state index in [4.69, 9.17) is 5.11 Å². The van der Waals surface area contributed by atoms with Crippen LogP contribution < -0.4 is 5.32 Å². The van der Waals surface area contributed by atoms with Gasteiger partial charge in [0.05, 0.1) is 5.56 Å². The summed E-state index contributed by atoms with van der Waals surface area (Å²) in [6.45, 7) is 8.90. The van der Waals surface area contributed by atoms with Gasteiger partial charge in [-0.2, -0.15) is 0 Å². The number of hydrogen-bond acceptors (Lipinski definition) is 2.